The summed E-state index contributed by atoms with van der Waals surface area (Å²) in [7, 11) is 0. The quantitative estimate of drug-likeness (QED) is 0.185. The molecule has 5 rings (SSSR count). The lowest BCUT2D eigenvalue weighted by molar-refractivity contribution is -0.0250. The van der Waals surface area contributed by atoms with Crippen molar-refractivity contribution in [2.75, 3.05) is 18.0 Å². The third kappa shape index (κ3) is 6.28. The number of aryl methyl sites for hydroxylation is 2. The van der Waals surface area contributed by atoms with Gasteiger partial charge in [0.25, 0.3) is 0 Å². The minimum atomic E-state index is -0.445. The minimum Gasteiger partial charge on any atom is -0.458 e. The zero-order valence-electron chi connectivity index (χ0n) is 26.5. The third-order valence-corrected chi connectivity index (χ3v) is 9.34. The number of anilines is 1. The highest BCUT2D eigenvalue weighted by Crippen LogP contribution is 2.36. The Labute approximate surface area is 260 Å². The number of pyridine rings is 1. The van der Waals surface area contributed by atoms with Crippen LogP contribution in [-0.4, -0.2) is 44.7 Å². The first-order valence-electron chi connectivity index (χ1n) is 15.7. The van der Waals surface area contributed by atoms with Crippen molar-refractivity contribution in [1.29, 1.82) is 0 Å². The smallest absolute Gasteiger partial charge is 0.343 e. The van der Waals surface area contributed by atoms with Crippen molar-refractivity contribution < 1.29 is 9.53 Å². The molecule has 3 heterocycles. The number of rotatable bonds is 9. The van der Waals surface area contributed by atoms with Crippen LogP contribution >= 0.6 is 11.6 Å². The van der Waals surface area contributed by atoms with Gasteiger partial charge in [-0.05, 0) is 98.8 Å². The van der Waals surface area contributed by atoms with Crippen LogP contribution < -0.4 is 10.2 Å². The molecule has 0 saturated heterocycles. The second-order valence-corrected chi connectivity index (χ2v) is 12.8. The van der Waals surface area contributed by atoms with Gasteiger partial charge in [0.1, 0.15) is 11.7 Å². The van der Waals surface area contributed by atoms with Gasteiger partial charge in [-0.1, -0.05) is 51.8 Å². The van der Waals surface area contributed by atoms with Gasteiger partial charge in [0.2, 0.25) is 0 Å². The summed E-state index contributed by atoms with van der Waals surface area (Å²) in [6, 6.07) is 8.37. The molecule has 1 aromatic carbocycles. The Morgan fingerprint density at radius 2 is 1.86 bits per heavy atom. The largest absolute Gasteiger partial charge is 0.458 e. The van der Waals surface area contributed by atoms with Crippen molar-refractivity contribution in [1.82, 2.24) is 19.6 Å². The summed E-state index contributed by atoms with van der Waals surface area (Å²) in [6.45, 7) is 17.1. The molecule has 0 spiro atoms. The van der Waals surface area contributed by atoms with E-state index < -0.39 is 5.97 Å². The molecule has 4 aromatic rings. The Hall–Kier alpha value is -3.45. The molecular formula is C35H44ClN5O2. The molecule has 0 N–H and O–H groups in total. The van der Waals surface area contributed by atoms with E-state index in [2.05, 4.69) is 69.6 Å². The molecule has 43 heavy (non-hydrogen) atoms. The monoisotopic (exact) mass is 601 g/mol. The summed E-state index contributed by atoms with van der Waals surface area (Å²) in [5, 5.41) is 5.78. The maximum Gasteiger partial charge on any atom is 0.343 e. The van der Waals surface area contributed by atoms with Crippen molar-refractivity contribution in [2.45, 2.75) is 80.3 Å². The van der Waals surface area contributed by atoms with E-state index in [9.17, 15) is 4.79 Å². The van der Waals surface area contributed by atoms with Crippen molar-refractivity contribution in [2.24, 2.45) is 17.8 Å². The number of aromatic nitrogens is 4. The van der Waals surface area contributed by atoms with Crippen LogP contribution in [0.4, 0.5) is 5.69 Å². The molecule has 7 nitrogen and oxygen atoms in total. The number of halogens is 1. The summed E-state index contributed by atoms with van der Waals surface area (Å²) >= 11 is 7.04. The Kier molecular flexibility index (Phi) is 9.40. The average molecular weight is 602 g/mol. The Morgan fingerprint density at radius 1 is 1.12 bits per heavy atom. The predicted molar refractivity (Wildman–Crippen MR) is 175 cm³/mol. The fourth-order valence-electron chi connectivity index (χ4n) is 6.70. The van der Waals surface area contributed by atoms with Gasteiger partial charge in [0, 0.05) is 36.7 Å². The normalized spacial score (nSPS) is 21.0. The summed E-state index contributed by atoms with van der Waals surface area (Å²) in [5.41, 5.74) is 5.80. The minimum absolute atomic E-state index is 0.170. The van der Waals surface area contributed by atoms with Crippen LogP contribution in [0.3, 0.4) is 0 Å². The highest BCUT2D eigenvalue weighted by molar-refractivity contribution is 6.34. The first-order chi connectivity index (χ1) is 20.6. The van der Waals surface area contributed by atoms with Crippen molar-refractivity contribution in [3.8, 4) is 11.4 Å². The third-order valence-electron chi connectivity index (χ3n) is 8.96. The van der Waals surface area contributed by atoms with Crippen LogP contribution in [0.25, 0.3) is 23.1 Å². The van der Waals surface area contributed by atoms with Gasteiger partial charge in [0.15, 0.2) is 11.5 Å². The number of unbranched alkanes of at least 4 members (excludes halogenated alkanes) is 1. The predicted octanol–water partition coefficient (Wildman–Crippen LogP) is 7.46. The second-order valence-electron chi connectivity index (χ2n) is 12.5. The van der Waals surface area contributed by atoms with Crippen LogP contribution in [0.15, 0.2) is 36.7 Å². The molecule has 228 valence electrons. The first-order valence-corrected chi connectivity index (χ1v) is 16.1. The Morgan fingerprint density at radius 3 is 2.51 bits per heavy atom. The van der Waals surface area contributed by atoms with Crippen LogP contribution in [0.2, 0.25) is 5.02 Å². The van der Waals surface area contributed by atoms with Crippen molar-refractivity contribution in [3.63, 3.8) is 0 Å². The topological polar surface area (TPSA) is 72.6 Å². The van der Waals surface area contributed by atoms with Crippen LogP contribution in [0.5, 0.6) is 0 Å². The maximum atomic E-state index is 13.9. The van der Waals surface area contributed by atoms with Crippen molar-refractivity contribution >= 4 is 35.0 Å². The van der Waals surface area contributed by atoms with Crippen LogP contribution in [0, 0.1) is 31.6 Å². The number of nitrogens with zero attached hydrogens (tertiary/aromatic N) is 5. The summed E-state index contributed by atoms with van der Waals surface area (Å²) < 4.78 is 7.91. The van der Waals surface area contributed by atoms with Gasteiger partial charge in [-0.25, -0.2) is 14.3 Å². The lowest BCUT2D eigenvalue weighted by Crippen LogP contribution is -2.37. The standard InChI is InChI=1S/C35H44ClN5O2/c1-8-10-15-40(9-2)27-12-11-26(22(4)18-27)19-29-31(36)30(35(42)43-32-23(5)16-21(3)17-24(32)6)34-38-33(39-41(29)34)28-13-14-37-20-25(28)7/h11-14,18-21,23-24,32H,8-10,15-17H2,1-7H3/b29-19+. The molecule has 0 aliphatic heterocycles. The Bertz CT molecular complexity index is 1650. The number of carbonyl (C=O) groups is 1. The molecule has 1 saturated carbocycles. The van der Waals surface area contributed by atoms with Gasteiger partial charge in [-0.15, -0.1) is 5.10 Å². The summed E-state index contributed by atoms with van der Waals surface area (Å²) in [5.74, 6) is 1.23. The molecule has 0 amide bonds. The molecular weight excluding hydrogens is 558 g/mol. The molecule has 2 atom stereocenters. The number of fused-ring (bicyclic) bond motifs is 1. The van der Waals surface area contributed by atoms with Gasteiger partial charge in [-0.2, -0.15) is 0 Å². The highest BCUT2D eigenvalue weighted by atomic mass is 35.5. The number of benzene rings is 1. The Balaban J connectivity index is 1.61. The van der Waals surface area contributed by atoms with E-state index in [0.717, 1.165) is 61.0 Å². The van der Waals surface area contributed by atoms with Gasteiger partial charge < -0.3 is 9.64 Å². The van der Waals surface area contributed by atoms with Crippen LogP contribution in [0.1, 0.15) is 87.4 Å². The van der Waals surface area contributed by atoms with E-state index in [0.29, 0.717) is 27.8 Å². The molecule has 1 aliphatic rings. The van der Waals surface area contributed by atoms with E-state index in [-0.39, 0.29) is 23.5 Å². The molecule has 0 bridgehead atoms. The molecule has 1 fully saturated rings. The number of esters is 1. The van der Waals surface area contributed by atoms with E-state index in [1.807, 2.05) is 19.1 Å². The summed E-state index contributed by atoms with van der Waals surface area (Å²) in [4.78, 5) is 25.3. The second kappa shape index (κ2) is 13.0. The highest BCUT2D eigenvalue weighted by Gasteiger charge is 2.36. The molecule has 0 radical (unpaired) electrons. The van der Waals surface area contributed by atoms with Gasteiger partial charge in [-0.3, -0.25) is 4.98 Å². The van der Waals surface area contributed by atoms with E-state index >= 15 is 0 Å². The SMILES string of the molecule is CCCCN(CC)c1ccc(/C=c2\c(Cl)c(C(=O)OC3C(C)CC(C)CC3C)c3nc(-c4ccncc4C)nn23)c(C)c1. The van der Waals surface area contributed by atoms with Gasteiger partial charge >= 0.3 is 5.97 Å². The molecule has 3 aromatic heterocycles. The fourth-order valence-corrected chi connectivity index (χ4v) is 7.00. The molecule has 2 unspecified atom stereocenters. The maximum absolute atomic E-state index is 13.9. The van der Waals surface area contributed by atoms with Gasteiger partial charge in [0.05, 0.1) is 10.4 Å². The molecule has 1 aliphatic carbocycles. The number of hydrogen-bond acceptors (Lipinski definition) is 6. The van der Waals surface area contributed by atoms with Crippen LogP contribution in [-0.2, 0) is 4.74 Å². The lowest BCUT2D eigenvalue weighted by atomic mass is 9.75. The zero-order valence-corrected chi connectivity index (χ0v) is 27.3. The lowest BCUT2D eigenvalue weighted by Gasteiger charge is -2.37. The average Bonchev–Trinajstić information content (AvgIpc) is 3.49. The number of hydrogen-bond donors (Lipinski definition) is 0. The van der Waals surface area contributed by atoms with Crippen molar-refractivity contribution in [3.05, 3.63) is 69.3 Å². The fraction of sp³-hybridized carbons (Fsp3) is 0.486. The zero-order chi connectivity index (χ0) is 30.8. The molecule has 8 heteroatoms. The summed E-state index contributed by atoms with van der Waals surface area (Å²) in [6.07, 6.45) is 9.72. The van der Waals surface area contributed by atoms with E-state index in [4.69, 9.17) is 26.4 Å². The van der Waals surface area contributed by atoms with E-state index in [1.165, 1.54) is 5.69 Å². The first kappa shape index (κ1) is 31.0. The van der Waals surface area contributed by atoms with E-state index in [1.54, 1.807) is 16.9 Å². The number of carbonyl (C=O) groups excluding carboxylic acids is 1. The number of ether oxygens (including phenoxy) is 1.